The van der Waals surface area contributed by atoms with Crippen molar-refractivity contribution in [2.75, 3.05) is 32.1 Å². The van der Waals surface area contributed by atoms with E-state index in [0.717, 1.165) is 30.8 Å². The average Bonchev–Trinajstić information content (AvgIpc) is 2.74. The highest BCUT2D eigenvalue weighted by molar-refractivity contribution is 5.95. The Morgan fingerprint density at radius 2 is 1.54 bits per heavy atom. The predicted octanol–water partition coefficient (Wildman–Crippen LogP) is 3.94. The van der Waals surface area contributed by atoms with E-state index in [4.69, 9.17) is 0 Å². The molecular formula is C23H31N3O2. The molecule has 0 aliphatic rings. The van der Waals surface area contributed by atoms with Crippen LogP contribution >= 0.6 is 0 Å². The summed E-state index contributed by atoms with van der Waals surface area (Å²) in [7, 11) is 3.40. The molecule has 2 aromatic carbocycles. The second-order valence-corrected chi connectivity index (χ2v) is 6.92. The Bertz CT molecular complexity index is 769. The third-order valence-electron chi connectivity index (χ3n) is 4.85. The molecule has 0 fully saturated rings. The SMILES string of the molecule is CCCCN(CC)c1ccc(C(=O)N(C)Cc2ccc(C(=O)NC)cc2)cc1. The van der Waals surface area contributed by atoms with Crippen LogP contribution in [-0.4, -0.2) is 43.9 Å². The molecule has 2 aromatic rings. The minimum absolute atomic E-state index is 0.0152. The number of hydrogen-bond acceptors (Lipinski definition) is 3. The second-order valence-electron chi connectivity index (χ2n) is 6.92. The smallest absolute Gasteiger partial charge is 0.253 e. The Balaban J connectivity index is 2.01. The summed E-state index contributed by atoms with van der Waals surface area (Å²) in [5.74, 6) is -0.130. The van der Waals surface area contributed by atoms with Gasteiger partial charge in [0.15, 0.2) is 0 Å². The average molecular weight is 382 g/mol. The standard InChI is InChI=1S/C23H31N3O2/c1-5-7-16-26(6-2)21-14-12-20(13-15-21)23(28)25(4)17-18-8-10-19(11-9-18)22(27)24-3/h8-15H,5-7,16-17H2,1-4H3,(H,24,27). The van der Waals surface area contributed by atoms with Gasteiger partial charge in [0, 0.05) is 50.5 Å². The molecule has 0 atom stereocenters. The van der Waals surface area contributed by atoms with Crippen LogP contribution in [-0.2, 0) is 6.54 Å². The number of hydrogen-bond donors (Lipinski definition) is 1. The first-order valence-corrected chi connectivity index (χ1v) is 9.91. The molecule has 0 saturated heterocycles. The molecular weight excluding hydrogens is 350 g/mol. The van der Waals surface area contributed by atoms with Crippen molar-refractivity contribution in [3.05, 3.63) is 65.2 Å². The van der Waals surface area contributed by atoms with Crippen molar-refractivity contribution in [1.82, 2.24) is 10.2 Å². The number of amides is 2. The Labute approximate surface area is 168 Å². The first-order chi connectivity index (χ1) is 13.5. The second kappa shape index (κ2) is 10.5. The quantitative estimate of drug-likeness (QED) is 0.716. The number of carbonyl (C=O) groups is 2. The zero-order chi connectivity index (χ0) is 20.5. The monoisotopic (exact) mass is 381 g/mol. The van der Waals surface area contributed by atoms with Crippen molar-refractivity contribution in [1.29, 1.82) is 0 Å². The lowest BCUT2D eigenvalue weighted by Crippen LogP contribution is -2.27. The minimum Gasteiger partial charge on any atom is -0.372 e. The number of nitrogens with one attached hydrogen (secondary N) is 1. The maximum atomic E-state index is 12.7. The highest BCUT2D eigenvalue weighted by Gasteiger charge is 2.13. The van der Waals surface area contributed by atoms with Crippen molar-refractivity contribution in [3.63, 3.8) is 0 Å². The van der Waals surface area contributed by atoms with Crippen molar-refractivity contribution < 1.29 is 9.59 Å². The van der Waals surface area contributed by atoms with Gasteiger partial charge in [-0.15, -0.1) is 0 Å². The van der Waals surface area contributed by atoms with Crippen molar-refractivity contribution >= 4 is 17.5 Å². The van der Waals surface area contributed by atoms with Crippen LogP contribution in [0.3, 0.4) is 0 Å². The lowest BCUT2D eigenvalue weighted by molar-refractivity contribution is 0.0784. The Morgan fingerprint density at radius 1 is 0.929 bits per heavy atom. The number of carbonyl (C=O) groups excluding carboxylic acids is 2. The fraction of sp³-hybridized carbons (Fsp3) is 0.391. The van der Waals surface area contributed by atoms with Gasteiger partial charge in [0.05, 0.1) is 0 Å². The molecule has 0 radical (unpaired) electrons. The van der Waals surface area contributed by atoms with Gasteiger partial charge in [-0.2, -0.15) is 0 Å². The Kier molecular flexibility index (Phi) is 8.05. The minimum atomic E-state index is -0.115. The van der Waals surface area contributed by atoms with Gasteiger partial charge in [-0.05, 0) is 55.3 Å². The summed E-state index contributed by atoms with van der Waals surface area (Å²) < 4.78 is 0. The molecule has 28 heavy (non-hydrogen) atoms. The largest absolute Gasteiger partial charge is 0.372 e. The van der Waals surface area contributed by atoms with Gasteiger partial charge in [0.2, 0.25) is 0 Å². The molecule has 0 aliphatic carbocycles. The van der Waals surface area contributed by atoms with Crippen LogP contribution in [0.5, 0.6) is 0 Å². The van der Waals surface area contributed by atoms with Gasteiger partial charge in [0.25, 0.3) is 11.8 Å². The highest BCUT2D eigenvalue weighted by Crippen LogP contribution is 2.17. The van der Waals surface area contributed by atoms with E-state index in [2.05, 4.69) is 24.1 Å². The van der Waals surface area contributed by atoms with Crippen LogP contribution in [0.2, 0.25) is 0 Å². The Hall–Kier alpha value is -2.82. The van der Waals surface area contributed by atoms with Gasteiger partial charge in [-0.3, -0.25) is 9.59 Å². The molecule has 1 N–H and O–H groups in total. The van der Waals surface area contributed by atoms with Crippen LogP contribution in [0, 0.1) is 0 Å². The molecule has 0 bridgehead atoms. The summed E-state index contributed by atoms with van der Waals surface area (Å²) in [5, 5.41) is 2.60. The molecule has 5 heteroatoms. The summed E-state index contributed by atoms with van der Waals surface area (Å²) in [6.45, 7) is 6.83. The van der Waals surface area contributed by atoms with E-state index in [1.165, 1.54) is 6.42 Å². The van der Waals surface area contributed by atoms with Crippen molar-refractivity contribution in [2.45, 2.75) is 33.2 Å². The van der Waals surface area contributed by atoms with E-state index in [1.54, 1.807) is 31.1 Å². The van der Waals surface area contributed by atoms with E-state index in [9.17, 15) is 9.59 Å². The summed E-state index contributed by atoms with van der Waals surface area (Å²) in [6.07, 6.45) is 2.33. The van der Waals surface area contributed by atoms with Gasteiger partial charge in [-0.25, -0.2) is 0 Å². The number of anilines is 1. The summed E-state index contributed by atoms with van der Waals surface area (Å²) in [4.78, 5) is 28.4. The molecule has 0 spiro atoms. The first kappa shape index (κ1) is 21.5. The van der Waals surface area contributed by atoms with E-state index in [0.29, 0.717) is 17.7 Å². The maximum Gasteiger partial charge on any atom is 0.253 e. The molecule has 0 aliphatic heterocycles. The number of unbranched alkanes of at least 4 members (excludes halogenated alkanes) is 1. The van der Waals surface area contributed by atoms with Gasteiger partial charge in [0.1, 0.15) is 0 Å². The molecule has 0 unspecified atom stereocenters. The zero-order valence-corrected chi connectivity index (χ0v) is 17.4. The van der Waals surface area contributed by atoms with E-state index in [-0.39, 0.29) is 11.8 Å². The summed E-state index contributed by atoms with van der Waals surface area (Å²) in [5.41, 5.74) is 3.43. The van der Waals surface area contributed by atoms with Crippen LogP contribution in [0.15, 0.2) is 48.5 Å². The molecule has 2 amide bonds. The fourth-order valence-electron chi connectivity index (χ4n) is 3.11. The summed E-state index contributed by atoms with van der Waals surface area (Å²) in [6, 6.07) is 15.2. The van der Waals surface area contributed by atoms with Crippen LogP contribution in [0.1, 0.15) is 53.0 Å². The Morgan fingerprint density at radius 3 is 2.07 bits per heavy atom. The number of nitrogens with zero attached hydrogens (tertiary/aromatic N) is 2. The topological polar surface area (TPSA) is 52.7 Å². The van der Waals surface area contributed by atoms with Crippen molar-refractivity contribution in [3.8, 4) is 0 Å². The zero-order valence-electron chi connectivity index (χ0n) is 17.4. The highest BCUT2D eigenvalue weighted by atomic mass is 16.2. The van der Waals surface area contributed by atoms with Crippen LogP contribution in [0.4, 0.5) is 5.69 Å². The lowest BCUT2D eigenvalue weighted by Gasteiger charge is -2.23. The van der Waals surface area contributed by atoms with Gasteiger partial charge >= 0.3 is 0 Å². The normalized spacial score (nSPS) is 10.4. The third-order valence-corrected chi connectivity index (χ3v) is 4.85. The molecule has 5 nitrogen and oxygen atoms in total. The molecule has 0 heterocycles. The lowest BCUT2D eigenvalue weighted by atomic mass is 10.1. The van der Waals surface area contributed by atoms with Gasteiger partial charge in [-0.1, -0.05) is 25.5 Å². The summed E-state index contributed by atoms with van der Waals surface area (Å²) >= 11 is 0. The number of benzene rings is 2. The fourth-order valence-corrected chi connectivity index (χ4v) is 3.11. The molecule has 2 rings (SSSR count). The van der Waals surface area contributed by atoms with E-state index in [1.807, 2.05) is 36.4 Å². The molecule has 0 aromatic heterocycles. The van der Waals surface area contributed by atoms with Gasteiger partial charge < -0.3 is 15.1 Å². The van der Waals surface area contributed by atoms with E-state index < -0.39 is 0 Å². The van der Waals surface area contributed by atoms with Crippen molar-refractivity contribution in [2.24, 2.45) is 0 Å². The predicted molar refractivity (Wildman–Crippen MR) is 115 cm³/mol. The molecule has 0 saturated carbocycles. The number of rotatable bonds is 9. The van der Waals surface area contributed by atoms with E-state index >= 15 is 0 Å². The molecule has 150 valence electrons. The van der Waals surface area contributed by atoms with Crippen LogP contribution < -0.4 is 10.2 Å². The van der Waals surface area contributed by atoms with Crippen LogP contribution in [0.25, 0.3) is 0 Å². The third kappa shape index (κ3) is 5.59. The first-order valence-electron chi connectivity index (χ1n) is 9.91. The maximum absolute atomic E-state index is 12.7.